The Hall–Kier alpha value is 1.44. The Kier molecular flexibility index (Phi) is 139. The summed E-state index contributed by atoms with van der Waals surface area (Å²) in [5, 5.41) is 15.5. The summed E-state index contributed by atoms with van der Waals surface area (Å²) in [7, 11) is 0. The van der Waals surface area contributed by atoms with Gasteiger partial charge >= 0.3 is 0 Å². The second-order valence-corrected chi connectivity index (χ2v) is 0.0816. The van der Waals surface area contributed by atoms with Gasteiger partial charge in [0.05, 0.1) is 0 Å². The zero-order valence-electron chi connectivity index (χ0n) is 2.36. The van der Waals surface area contributed by atoms with E-state index >= 15 is 0 Å². The normalized spacial score (nSPS) is 3.00. The van der Waals surface area contributed by atoms with Gasteiger partial charge < -0.3 is 0 Å². The van der Waals surface area contributed by atoms with E-state index in [0.29, 0.717) is 0 Å². The third kappa shape index (κ3) is 51.8. The SMILES string of the molecule is OOO.[Fe].[Fe].[Fe]. The molecule has 0 saturated carbocycles. The monoisotopic (exact) mass is 218 g/mol. The average molecular weight is 218 g/mol. The van der Waals surface area contributed by atoms with E-state index < -0.39 is 0 Å². The zero-order valence-corrected chi connectivity index (χ0v) is 5.68. The first kappa shape index (κ1) is 26.1. The molecule has 3 nitrogen and oxygen atoms in total. The second kappa shape index (κ2) is 32.0. The molecule has 44 valence electrons. The van der Waals surface area contributed by atoms with Crippen LogP contribution in [0.4, 0.5) is 0 Å². The molecular formula is H2Fe3O3. The smallest absolute Gasteiger partial charge is 0 e. The van der Waals surface area contributed by atoms with Gasteiger partial charge in [0.15, 0.2) is 0 Å². The van der Waals surface area contributed by atoms with Crippen LogP contribution in [0.5, 0.6) is 0 Å². The fourth-order valence-electron chi connectivity index (χ4n) is 0. The third-order valence-corrected chi connectivity index (χ3v) is 0. The Morgan fingerprint density at radius 3 is 0.833 bits per heavy atom. The molecule has 0 aliphatic carbocycles. The Morgan fingerprint density at radius 1 is 0.833 bits per heavy atom. The molecule has 0 atom stereocenters. The fourth-order valence-corrected chi connectivity index (χ4v) is 0. The third-order valence-electron chi connectivity index (χ3n) is 0. The van der Waals surface area contributed by atoms with E-state index in [9.17, 15) is 0 Å². The van der Waals surface area contributed by atoms with Crippen LogP contribution in [0.25, 0.3) is 0 Å². The van der Waals surface area contributed by atoms with Gasteiger partial charge in [0.2, 0.25) is 0 Å². The van der Waals surface area contributed by atoms with E-state index in [-0.39, 0.29) is 51.2 Å². The van der Waals surface area contributed by atoms with Gasteiger partial charge in [-0.05, 0) is 0 Å². The molecule has 6 heteroatoms. The van der Waals surface area contributed by atoms with Gasteiger partial charge in [0.1, 0.15) is 0 Å². The van der Waals surface area contributed by atoms with Crippen molar-refractivity contribution in [1.82, 2.24) is 0 Å². The molecule has 0 radical (unpaired) electrons. The van der Waals surface area contributed by atoms with Gasteiger partial charge in [-0.25, -0.2) is 10.5 Å². The summed E-state index contributed by atoms with van der Waals surface area (Å²) < 4.78 is 0. The van der Waals surface area contributed by atoms with Crippen molar-refractivity contribution in [3.8, 4) is 0 Å². The Morgan fingerprint density at radius 2 is 0.833 bits per heavy atom. The molecule has 0 heterocycles. The molecular weight excluding hydrogens is 216 g/mol. The van der Waals surface area contributed by atoms with Crippen molar-refractivity contribution in [2.45, 2.75) is 0 Å². The van der Waals surface area contributed by atoms with Gasteiger partial charge in [-0.2, -0.15) is 0 Å². The molecule has 0 amide bonds. The average Bonchev–Trinajstić information content (AvgIpc) is 0.918. The molecule has 0 bridgehead atoms. The van der Waals surface area contributed by atoms with Crippen LogP contribution in [0, 0.1) is 0 Å². The van der Waals surface area contributed by atoms with Crippen molar-refractivity contribution in [3.63, 3.8) is 0 Å². The summed E-state index contributed by atoms with van der Waals surface area (Å²) in [6.45, 7) is 0. The second-order valence-electron chi connectivity index (χ2n) is 0.0816. The molecule has 2 N–H and O–H groups in total. The quantitative estimate of drug-likeness (QED) is 0.340. The summed E-state index contributed by atoms with van der Waals surface area (Å²) in [5.41, 5.74) is 0. The van der Waals surface area contributed by atoms with Crippen molar-refractivity contribution in [2.24, 2.45) is 0 Å². The molecule has 0 aromatic heterocycles. The molecule has 0 unspecified atom stereocenters. The summed E-state index contributed by atoms with van der Waals surface area (Å²) >= 11 is 0. The Labute approximate surface area is 66.7 Å². The van der Waals surface area contributed by atoms with E-state index in [0.717, 1.165) is 0 Å². The minimum absolute atomic E-state index is 0. The molecule has 0 spiro atoms. The van der Waals surface area contributed by atoms with Gasteiger partial charge in [-0.1, -0.05) is 5.04 Å². The molecule has 0 aromatic rings. The summed E-state index contributed by atoms with van der Waals surface area (Å²) in [4.78, 5) is 0. The van der Waals surface area contributed by atoms with Crippen LogP contribution in [0.1, 0.15) is 0 Å². The molecule has 0 rings (SSSR count). The Bertz CT molecular complexity index is 6.00. The molecule has 0 saturated heterocycles. The Balaban J connectivity index is -0.00000000667. The molecule has 6 heavy (non-hydrogen) atoms. The summed E-state index contributed by atoms with van der Waals surface area (Å²) in [6, 6.07) is 0. The first-order valence-electron chi connectivity index (χ1n) is 0.365. The van der Waals surface area contributed by atoms with E-state index in [1.54, 1.807) is 0 Å². The van der Waals surface area contributed by atoms with Crippen molar-refractivity contribution >= 4 is 0 Å². The number of hydrogen-bond acceptors (Lipinski definition) is 3. The van der Waals surface area contributed by atoms with Gasteiger partial charge in [-0.3, -0.25) is 0 Å². The molecule has 0 aliphatic rings. The predicted octanol–water partition coefficient (Wildman–Crippen LogP) is -0.0585. The fraction of sp³-hybridized carbons (Fsp3) is 0. The van der Waals surface area contributed by atoms with Crippen molar-refractivity contribution in [1.29, 1.82) is 0 Å². The van der Waals surface area contributed by atoms with E-state index in [2.05, 4.69) is 5.04 Å². The minimum atomic E-state index is 0. The minimum Gasteiger partial charge on any atom is -0.221 e. The summed E-state index contributed by atoms with van der Waals surface area (Å²) in [6.07, 6.45) is 0. The van der Waals surface area contributed by atoms with Crippen LogP contribution < -0.4 is 0 Å². The van der Waals surface area contributed by atoms with E-state index in [4.69, 9.17) is 10.5 Å². The van der Waals surface area contributed by atoms with Crippen LogP contribution >= 0.6 is 0 Å². The van der Waals surface area contributed by atoms with Crippen molar-refractivity contribution in [3.05, 3.63) is 0 Å². The maximum absolute atomic E-state index is 6.62. The topological polar surface area (TPSA) is 49.7 Å². The van der Waals surface area contributed by atoms with Gasteiger partial charge in [0.25, 0.3) is 0 Å². The van der Waals surface area contributed by atoms with E-state index in [1.165, 1.54) is 0 Å². The first-order valence-corrected chi connectivity index (χ1v) is 0.365. The molecule has 0 fully saturated rings. The molecule has 0 aliphatic heterocycles. The predicted molar refractivity (Wildman–Crippen MR) is 6.34 cm³/mol. The standard InChI is InChI=1S/3Fe.H2O3/c;;;1-3-2/h;;;1-2H. The maximum atomic E-state index is 6.62. The van der Waals surface area contributed by atoms with Crippen LogP contribution in [-0.4, -0.2) is 10.5 Å². The number of rotatable bonds is 0. The van der Waals surface area contributed by atoms with Gasteiger partial charge in [0, 0.05) is 51.2 Å². The largest absolute Gasteiger partial charge is 0.221 e. The van der Waals surface area contributed by atoms with Crippen LogP contribution in [0.3, 0.4) is 0 Å². The van der Waals surface area contributed by atoms with E-state index in [1.807, 2.05) is 0 Å². The van der Waals surface area contributed by atoms with Crippen LogP contribution in [-0.2, 0) is 56.2 Å². The summed E-state index contributed by atoms with van der Waals surface area (Å²) in [5.74, 6) is 0. The van der Waals surface area contributed by atoms with Crippen molar-refractivity contribution < 1.29 is 66.8 Å². The van der Waals surface area contributed by atoms with Crippen LogP contribution in [0.15, 0.2) is 0 Å². The molecule has 0 aromatic carbocycles. The number of hydrogen-bond donors (Lipinski definition) is 2. The maximum Gasteiger partial charge on any atom is 0 e. The van der Waals surface area contributed by atoms with Crippen LogP contribution in [0.2, 0.25) is 0 Å². The first-order chi connectivity index (χ1) is 1.41. The zero-order chi connectivity index (χ0) is 2.71. The van der Waals surface area contributed by atoms with Gasteiger partial charge in [-0.15, -0.1) is 0 Å². The van der Waals surface area contributed by atoms with Crippen molar-refractivity contribution in [2.75, 3.05) is 0 Å².